The molecule has 0 aromatic heterocycles. The Morgan fingerprint density at radius 2 is 1.64 bits per heavy atom. The van der Waals surface area contributed by atoms with Crippen molar-refractivity contribution in [3.05, 3.63) is 58.6 Å². The largest absolute Gasteiger partial charge is 0.573 e. The van der Waals surface area contributed by atoms with E-state index in [1.54, 1.807) is 30.3 Å². The summed E-state index contributed by atoms with van der Waals surface area (Å²) in [6, 6.07) is 10.5. The van der Waals surface area contributed by atoms with Gasteiger partial charge in [0.1, 0.15) is 11.5 Å². The molecule has 2 aromatic carbocycles. The highest BCUT2D eigenvalue weighted by Gasteiger charge is 2.31. The summed E-state index contributed by atoms with van der Waals surface area (Å²) in [5.74, 6) is -0.302. The molecule has 1 fully saturated rings. The molecule has 1 saturated heterocycles. The third-order valence-corrected chi connectivity index (χ3v) is 4.56. The van der Waals surface area contributed by atoms with E-state index in [1.807, 2.05) is 0 Å². The van der Waals surface area contributed by atoms with Gasteiger partial charge in [-0.05, 0) is 23.8 Å². The zero-order valence-corrected chi connectivity index (χ0v) is 17.0. The highest BCUT2D eigenvalue weighted by Crippen LogP contribution is 2.38. The Morgan fingerprint density at radius 1 is 1.04 bits per heavy atom. The van der Waals surface area contributed by atoms with Crippen LogP contribution in [0.5, 0.6) is 11.5 Å². The van der Waals surface area contributed by atoms with Gasteiger partial charge < -0.3 is 15.2 Å². The van der Waals surface area contributed by atoms with E-state index in [0.717, 1.165) is 31.7 Å². The van der Waals surface area contributed by atoms with Gasteiger partial charge in [0.15, 0.2) is 0 Å². The number of nitrogens with one attached hydrogen (secondary N) is 1. The van der Waals surface area contributed by atoms with Gasteiger partial charge in [-0.15, -0.1) is 38.0 Å². The van der Waals surface area contributed by atoms with Crippen LogP contribution >= 0.6 is 36.4 Å². The first kappa shape index (κ1) is 24.7. The van der Waals surface area contributed by atoms with E-state index in [1.165, 1.54) is 12.1 Å². The number of ether oxygens (including phenoxy) is 1. The molecule has 0 amide bonds. The number of phenols is 1. The maximum absolute atomic E-state index is 12.4. The van der Waals surface area contributed by atoms with Crippen molar-refractivity contribution in [3.63, 3.8) is 0 Å². The fourth-order valence-electron chi connectivity index (χ4n) is 3.13. The third-order valence-electron chi connectivity index (χ3n) is 4.26. The van der Waals surface area contributed by atoms with Crippen LogP contribution in [0.3, 0.4) is 0 Å². The number of piperazine rings is 1. The van der Waals surface area contributed by atoms with E-state index < -0.39 is 6.36 Å². The number of halogens is 6. The van der Waals surface area contributed by atoms with E-state index in [4.69, 9.17) is 11.6 Å². The number of nitrogens with zero attached hydrogens (tertiary/aromatic N) is 1. The third kappa shape index (κ3) is 6.06. The zero-order valence-electron chi connectivity index (χ0n) is 14.6. The first-order chi connectivity index (χ1) is 12.3. The highest BCUT2D eigenvalue weighted by molar-refractivity contribution is 6.32. The predicted octanol–water partition coefficient (Wildman–Crippen LogP) is 4.78. The molecule has 0 bridgehead atoms. The van der Waals surface area contributed by atoms with Crippen molar-refractivity contribution < 1.29 is 23.0 Å². The number of phenolic OH excluding ortho intramolecular Hbond substituents is 1. The van der Waals surface area contributed by atoms with Crippen LogP contribution in [0, 0.1) is 0 Å². The number of benzene rings is 2. The second-order valence-electron chi connectivity index (χ2n) is 5.98. The van der Waals surface area contributed by atoms with Crippen molar-refractivity contribution in [2.45, 2.75) is 12.4 Å². The molecular formula is C18H20Cl3F3N2O2. The predicted molar refractivity (Wildman–Crippen MR) is 107 cm³/mol. The van der Waals surface area contributed by atoms with Gasteiger partial charge in [-0.25, -0.2) is 0 Å². The van der Waals surface area contributed by atoms with Gasteiger partial charge in [-0.1, -0.05) is 35.9 Å². The Bertz CT molecular complexity index is 755. The minimum absolute atomic E-state index is 0. The normalized spacial score (nSPS) is 15.9. The fourth-order valence-corrected chi connectivity index (χ4v) is 3.31. The molecule has 28 heavy (non-hydrogen) atoms. The number of alkyl halides is 3. The van der Waals surface area contributed by atoms with Crippen LogP contribution in [-0.2, 0) is 0 Å². The monoisotopic (exact) mass is 458 g/mol. The zero-order chi connectivity index (χ0) is 18.7. The topological polar surface area (TPSA) is 44.7 Å². The highest BCUT2D eigenvalue weighted by atomic mass is 35.5. The molecule has 10 heteroatoms. The van der Waals surface area contributed by atoms with Crippen molar-refractivity contribution in [3.8, 4) is 11.5 Å². The van der Waals surface area contributed by atoms with Crippen LogP contribution in [-0.4, -0.2) is 42.5 Å². The molecule has 0 unspecified atom stereocenters. The van der Waals surface area contributed by atoms with E-state index in [9.17, 15) is 18.3 Å². The molecule has 1 aliphatic heterocycles. The molecule has 0 spiro atoms. The maximum Gasteiger partial charge on any atom is 0.573 e. The number of hydrogen-bond donors (Lipinski definition) is 2. The minimum Gasteiger partial charge on any atom is -0.506 e. The van der Waals surface area contributed by atoms with Crippen LogP contribution in [0.1, 0.15) is 17.2 Å². The Kier molecular flexibility index (Phi) is 9.17. The summed E-state index contributed by atoms with van der Waals surface area (Å²) in [7, 11) is 0. The van der Waals surface area contributed by atoms with Crippen molar-refractivity contribution in [2.75, 3.05) is 26.2 Å². The maximum atomic E-state index is 12.4. The summed E-state index contributed by atoms with van der Waals surface area (Å²) in [5.41, 5.74) is 1.36. The van der Waals surface area contributed by atoms with Gasteiger partial charge in [-0.3, -0.25) is 4.90 Å². The molecule has 0 radical (unpaired) electrons. The lowest BCUT2D eigenvalue weighted by Gasteiger charge is -2.36. The average Bonchev–Trinajstić information content (AvgIpc) is 2.60. The summed E-state index contributed by atoms with van der Waals surface area (Å²) >= 11 is 6.06. The lowest BCUT2D eigenvalue weighted by atomic mass is 9.95. The van der Waals surface area contributed by atoms with Crippen LogP contribution < -0.4 is 10.1 Å². The molecule has 1 aliphatic rings. The van der Waals surface area contributed by atoms with Gasteiger partial charge >= 0.3 is 6.36 Å². The summed E-state index contributed by atoms with van der Waals surface area (Å²) in [6.07, 6.45) is -4.73. The van der Waals surface area contributed by atoms with E-state index in [0.29, 0.717) is 5.56 Å². The van der Waals surface area contributed by atoms with Gasteiger partial charge in [0.05, 0.1) is 11.1 Å². The smallest absolute Gasteiger partial charge is 0.506 e. The molecule has 1 heterocycles. The van der Waals surface area contributed by atoms with Crippen LogP contribution in [0.4, 0.5) is 13.2 Å². The average molecular weight is 460 g/mol. The SMILES string of the molecule is Cl.Cl.Oc1c(Cl)cccc1[C@@H](c1ccc(OC(F)(F)F)cc1)N1CCNCC1. The van der Waals surface area contributed by atoms with Gasteiger partial charge in [0, 0.05) is 31.7 Å². The second-order valence-corrected chi connectivity index (χ2v) is 6.39. The Labute approximate surface area is 178 Å². The Hall–Kier alpha value is -1.38. The van der Waals surface area contributed by atoms with Crippen molar-refractivity contribution in [1.29, 1.82) is 0 Å². The molecule has 4 nitrogen and oxygen atoms in total. The summed E-state index contributed by atoms with van der Waals surface area (Å²) in [4.78, 5) is 2.15. The van der Waals surface area contributed by atoms with Crippen molar-refractivity contribution >= 4 is 36.4 Å². The van der Waals surface area contributed by atoms with Crippen molar-refractivity contribution in [1.82, 2.24) is 10.2 Å². The van der Waals surface area contributed by atoms with Crippen LogP contribution in [0.2, 0.25) is 5.02 Å². The molecule has 1 atom stereocenters. The summed E-state index contributed by atoms with van der Waals surface area (Å²) in [6.45, 7) is 3.04. The van der Waals surface area contributed by atoms with Gasteiger partial charge in [0.2, 0.25) is 0 Å². The van der Waals surface area contributed by atoms with E-state index >= 15 is 0 Å². The number of rotatable bonds is 4. The summed E-state index contributed by atoms with van der Waals surface area (Å²) < 4.78 is 41.0. The fraction of sp³-hybridized carbons (Fsp3) is 0.333. The molecule has 156 valence electrons. The van der Waals surface area contributed by atoms with E-state index in [2.05, 4.69) is 15.0 Å². The number of aromatic hydroxyl groups is 1. The Balaban J connectivity index is 0.00000196. The van der Waals surface area contributed by atoms with Crippen LogP contribution in [0.15, 0.2) is 42.5 Å². The molecule has 3 rings (SSSR count). The van der Waals surface area contributed by atoms with Gasteiger partial charge in [0.25, 0.3) is 0 Å². The first-order valence-electron chi connectivity index (χ1n) is 8.13. The molecule has 0 aliphatic carbocycles. The van der Waals surface area contributed by atoms with Gasteiger partial charge in [-0.2, -0.15) is 0 Å². The molecule has 0 saturated carbocycles. The lowest BCUT2D eigenvalue weighted by molar-refractivity contribution is -0.274. The van der Waals surface area contributed by atoms with E-state index in [-0.39, 0.29) is 47.4 Å². The first-order valence-corrected chi connectivity index (χ1v) is 8.51. The van der Waals surface area contributed by atoms with Crippen molar-refractivity contribution in [2.24, 2.45) is 0 Å². The molecule has 2 aromatic rings. The summed E-state index contributed by atoms with van der Waals surface area (Å²) in [5, 5.41) is 13.9. The lowest BCUT2D eigenvalue weighted by Crippen LogP contribution is -2.45. The standard InChI is InChI=1S/C18H18ClF3N2O2.2ClH/c19-15-3-1-2-14(17(15)25)16(24-10-8-23-9-11-24)12-4-6-13(7-5-12)26-18(20,21)22;;/h1-7,16,23,25H,8-11H2;2*1H/t16-;;/m1../s1. The van der Waals surface area contributed by atoms with Crippen LogP contribution in [0.25, 0.3) is 0 Å². The second kappa shape index (κ2) is 10.4. The number of hydrogen-bond acceptors (Lipinski definition) is 4. The minimum atomic E-state index is -4.73. The molecule has 2 N–H and O–H groups in total. The molecular weight excluding hydrogens is 440 g/mol. The number of para-hydroxylation sites is 1. The Morgan fingerprint density at radius 3 is 2.21 bits per heavy atom. The quantitative estimate of drug-likeness (QED) is 0.690.